The predicted molar refractivity (Wildman–Crippen MR) is 116 cm³/mol. The molecule has 2 nitrogen and oxygen atoms in total. The molecule has 0 atom stereocenters. The lowest BCUT2D eigenvalue weighted by Gasteiger charge is -2.12. The molecule has 2 heteroatoms. The first-order valence-electron chi connectivity index (χ1n) is 9.56. The molecule has 0 saturated heterocycles. The molecule has 0 spiro atoms. The topological polar surface area (TPSA) is 25.8 Å². The lowest BCUT2D eigenvalue weighted by Crippen LogP contribution is -1.96. The van der Waals surface area contributed by atoms with E-state index in [1.165, 1.54) is 38.2 Å². The van der Waals surface area contributed by atoms with Gasteiger partial charge in [0.1, 0.15) is 0 Å². The standard InChI is InChI=1S/C26H20N2/c1-18-10-11-19(17-25-22-8-4-2-6-20(22)12-14-27-25)16-24(18)26-23-9-5-3-7-21(23)13-15-28-26/h2-16H,17H2,1H3. The van der Waals surface area contributed by atoms with Crippen molar-refractivity contribution < 1.29 is 0 Å². The Bertz CT molecular complexity index is 1290. The normalized spacial score (nSPS) is 11.2. The van der Waals surface area contributed by atoms with Gasteiger partial charge in [0.05, 0.1) is 11.4 Å². The summed E-state index contributed by atoms with van der Waals surface area (Å²) in [6.45, 7) is 2.15. The Kier molecular flexibility index (Phi) is 4.10. The monoisotopic (exact) mass is 360 g/mol. The average Bonchev–Trinajstić information content (AvgIpc) is 2.75. The second-order valence-corrected chi connectivity index (χ2v) is 7.19. The van der Waals surface area contributed by atoms with Crippen LogP contribution < -0.4 is 0 Å². The molecule has 5 rings (SSSR count). The summed E-state index contributed by atoms with van der Waals surface area (Å²) in [4.78, 5) is 9.38. The number of hydrogen-bond acceptors (Lipinski definition) is 2. The highest BCUT2D eigenvalue weighted by Gasteiger charge is 2.10. The minimum Gasteiger partial charge on any atom is -0.260 e. The molecule has 0 aliphatic carbocycles. The Morgan fingerprint density at radius 3 is 2.18 bits per heavy atom. The van der Waals surface area contributed by atoms with E-state index in [2.05, 4.69) is 90.8 Å². The van der Waals surface area contributed by atoms with E-state index in [1.807, 2.05) is 12.4 Å². The fourth-order valence-corrected chi connectivity index (χ4v) is 3.88. The van der Waals surface area contributed by atoms with Crippen molar-refractivity contribution >= 4 is 21.5 Å². The van der Waals surface area contributed by atoms with Crippen LogP contribution in [0.5, 0.6) is 0 Å². The number of benzene rings is 3. The van der Waals surface area contributed by atoms with E-state index in [0.717, 1.165) is 17.8 Å². The molecule has 0 fully saturated rings. The summed E-state index contributed by atoms with van der Waals surface area (Å²) in [6, 6.07) is 27.7. The van der Waals surface area contributed by atoms with Crippen LogP contribution in [0.15, 0.2) is 91.3 Å². The number of nitrogens with zero attached hydrogens (tertiary/aromatic N) is 2. The predicted octanol–water partition coefficient (Wildman–Crippen LogP) is 6.35. The van der Waals surface area contributed by atoms with Gasteiger partial charge in [-0.25, -0.2) is 0 Å². The number of hydrogen-bond donors (Lipinski definition) is 0. The van der Waals surface area contributed by atoms with Crippen molar-refractivity contribution in [2.24, 2.45) is 0 Å². The lowest BCUT2D eigenvalue weighted by molar-refractivity contribution is 1.10. The second kappa shape index (κ2) is 6.90. The van der Waals surface area contributed by atoms with Gasteiger partial charge in [0.2, 0.25) is 0 Å². The summed E-state index contributed by atoms with van der Waals surface area (Å²) in [6.07, 6.45) is 4.61. The Morgan fingerprint density at radius 1 is 0.679 bits per heavy atom. The lowest BCUT2D eigenvalue weighted by atomic mass is 9.96. The van der Waals surface area contributed by atoms with E-state index in [4.69, 9.17) is 4.98 Å². The zero-order valence-electron chi connectivity index (χ0n) is 15.8. The highest BCUT2D eigenvalue weighted by molar-refractivity contribution is 5.95. The molecular weight excluding hydrogens is 340 g/mol. The molecule has 0 unspecified atom stereocenters. The van der Waals surface area contributed by atoms with Crippen LogP contribution in [-0.2, 0) is 6.42 Å². The van der Waals surface area contributed by atoms with Gasteiger partial charge in [-0.1, -0.05) is 60.7 Å². The SMILES string of the molecule is Cc1ccc(Cc2nccc3ccccc23)cc1-c1nccc2ccccc12. The first-order chi connectivity index (χ1) is 13.8. The van der Waals surface area contributed by atoms with Gasteiger partial charge in [-0.05, 0) is 47.0 Å². The third kappa shape index (κ3) is 2.93. The molecule has 28 heavy (non-hydrogen) atoms. The Morgan fingerprint density at radius 2 is 1.36 bits per heavy atom. The molecule has 3 aromatic carbocycles. The van der Waals surface area contributed by atoms with Crippen LogP contribution >= 0.6 is 0 Å². The second-order valence-electron chi connectivity index (χ2n) is 7.19. The smallest absolute Gasteiger partial charge is 0.0783 e. The number of fused-ring (bicyclic) bond motifs is 2. The first kappa shape index (κ1) is 16.6. The molecule has 2 aromatic heterocycles. The number of pyridine rings is 2. The van der Waals surface area contributed by atoms with E-state index >= 15 is 0 Å². The molecular formula is C26H20N2. The van der Waals surface area contributed by atoms with Crippen LogP contribution in [-0.4, -0.2) is 9.97 Å². The van der Waals surface area contributed by atoms with Gasteiger partial charge in [0, 0.05) is 35.2 Å². The van der Waals surface area contributed by atoms with Crippen LogP contribution in [0.25, 0.3) is 32.8 Å². The minimum atomic E-state index is 0.805. The first-order valence-corrected chi connectivity index (χ1v) is 9.56. The maximum atomic E-state index is 4.72. The molecule has 0 bridgehead atoms. The van der Waals surface area contributed by atoms with Gasteiger partial charge in [-0.15, -0.1) is 0 Å². The van der Waals surface area contributed by atoms with E-state index in [9.17, 15) is 0 Å². The van der Waals surface area contributed by atoms with Crippen molar-refractivity contribution in [1.82, 2.24) is 9.97 Å². The van der Waals surface area contributed by atoms with Crippen molar-refractivity contribution in [3.8, 4) is 11.3 Å². The largest absolute Gasteiger partial charge is 0.260 e. The van der Waals surface area contributed by atoms with Crippen molar-refractivity contribution in [3.63, 3.8) is 0 Å². The van der Waals surface area contributed by atoms with Crippen LogP contribution in [0.2, 0.25) is 0 Å². The molecule has 5 aromatic rings. The maximum Gasteiger partial charge on any atom is 0.0783 e. The Balaban J connectivity index is 1.62. The van der Waals surface area contributed by atoms with Crippen LogP contribution in [0.1, 0.15) is 16.8 Å². The fraction of sp³-hybridized carbons (Fsp3) is 0.0769. The van der Waals surface area contributed by atoms with E-state index in [-0.39, 0.29) is 0 Å². The van der Waals surface area contributed by atoms with Crippen molar-refractivity contribution in [2.75, 3.05) is 0 Å². The van der Waals surface area contributed by atoms with Crippen LogP contribution in [0.3, 0.4) is 0 Å². The van der Waals surface area contributed by atoms with Crippen molar-refractivity contribution in [1.29, 1.82) is 0 Å². The number of aromatic nitrogens is 2. The maximum absolute atomic E-state index is 4.72. The van der Waals surface area contributed by atoms with Crippen LogP contribution in [0, 0.1) is 6.92 Å². The summed E-state index contributed by atoms with van der Waals surface area (Å²) in [7, 11) is 0. The highest BCUT2D eigenvalue weighted by atomic mass is 14.7. The quantitative estimate of drug-likeness (QED) is 0.375. The van der Waals surface area contributed by atoms with Gasteiger partial charge in [-0.2, -0.15) is 0 Å². The zero-order chi connectivity index (χ0) is 18.9. The number of aryl methyl sites for hydroxylation is 1. The average molecular weight is 360 g/mol. The molecule has 0 radical (unpaired) electrons. The van der Waals surface area contributed by atoms with E-state index < -0.39 is 0 Å². The molecule has 0 saturated carbocycles. The van der Waals surface area contributed by atoms with Gasteiger partial charge in [-0.3, -0.25) is 9.97 Å². The minimum absolute atomic E-state index is 0.805. The van der Waals surface area contributed by atoms with Gasteiger partial charge in [0.25, 0.3) is 0 Å². The summed E-state index contributed by atoms with van der Waals surface area (Å²) >= 11 is 0. The van der Waals surface area contributed by atoms with Crippen LogP contribution in [0.4, 0.5) is 0 Å². The molecule has 2 heterocycles. The highest BCUT2D eigenvalue weighted by Crippen LogP contribution is 2.30. The molecule has 0 N–H and O–H groups in total. The number of rotatable bonds is 3. The molecule has 0 aliphatic rings. The molecule has 134 valence electrons. The Hall–Kier alpha value is -3.52. The third-order valence-corrected chi connectivity index (χ3v) is 5.36. The third-order valence-electron chi connectivity index (χ3n) is 5.36. The molecule has 0 amide bonds. The van der Waals surface area contributed by atoms with Crippen molar-refractivity contribution in [3.05, 3.63) is 108 Å². The van der Waals surface area contributed by atoms with Crippen molar-refractivity contribution in [2.45, 2.75) is 13.3 Å². The fourth-order valence-electron chi connectivity index (χ4n) is 3.88. The summed E-state index contributed by atoms with van der Waals surface area (Å²) in [5.74, 6) is 0. The zero-order valence-corrected chi connectivity index (χ0v) is 15.8. The van der Waals surface area contributed by atoms with Gasteiger partial charge >= 0.3 is 0 Å². The van der Waals surface area contributed by atoms with Gasteiger partial charge in [0.15, 0.2) is 0 Å². The molecule has 0 aliphatic heterocycles. The van der Waals surface area contributed by atoms with E-state index in [1.54, 1.807) is 0 Å². The Labute approximate surface area is 164 Å². The van der Waals surface area contributed by atoms with E-state index in [0.29, 0.717) is 0 Å². The summed E-state index contributed by atoms with van der Waals surface area (Å²) in [5, 5.41) is 4.85. The summed E-state index contributed by atoms with van der Waals surface area (Å²) in [5.41, 5.74) is 5.83. The summed E-state index contributed by atoms with van der Waals surface area (Å²) < 4.78 is 0. The van der Waals surface area contributed by atoms with Gasteiger partial charge < -0.3 is 0 Å².